The summed E-state index contributed by atoms with van der Waals surface area (Å²) < 4.78 is 389. The van der Waals surface area contributed by atoms with Gasteiger partial charge in [0.25, 0.3) is 0 Å². The monoisotopic (exact) mass is 1400 g/mol. The molecule has 0 bridgehead atoms. The minimum Gasteiger partial charge on any atom is -0.429 e. The molecule has 7 nitrogen and oxygen atoms in total. The third-order valence-electron chi connectivity index (χ3n) is 10.5. The van der Waals surface area contributed by atoms with E-state index < -0.39 is 203 Å². The van der Waals surface area contributed by atoms with Crippen LogP contribution in [-0.4, -0.2) is 6.29 Å². The van der Waals surface area contributed by atoms with E-state index in [1.165, 1.54) is 0 Å². The van der Waals surface area contributed by atoms with Crippen LogP contribution in [0.25, 0.3) is 9.69 Å². The summed E-state index contributed by atoms with van der Waals surface area (Å²) in [6.45, 7) is 13.1. The summed E-state index contributed by atoms with van der Waals surface area (Å²) in [4.78, 5) is 15.8. The molecule has 0 aliphatic rings. The zero-order valence-electron chi connectivity index (χ0n) is 42.7. The zero-order chi connectivity index (χ0) is 68.7. The topological polar surface area (TPSA) is 62.7 Å². The Morgan fingerprint density at radius 3 is 0.648 bits per heavy atom. The number of aldehydes is 1. The summed E-state index contributed by atoms with van der Waals surface area (Å²) in [5.74, 6) is -40.9. The lowest BCUT2D eigenvalue weighted by Crippen LogP contribution is -2.25. The maximum atomic E-state index is 13.8. The molecule has 8 rings (SSSR count). The molecule has 0 aliphatic heterocycles. The summed E-state index contributed by atoms with van der Waals surface area (Å²) in [7, 11) is 0. The Balaban J connectivity index is 0.000000220. The van der Waals surface area contributed by atoms with Crippen molar-refractivity contribution in [1.29, 1.82) is 0 Å². The van der Waals surface area contributed by atoms with E-state index >= 15 is 0 Å². The smallest absolute Gasteiger partial charge is 0.429 e. The van der Waals surface area contributed by atoms with Crippen molar-refractivity contribution in [2.24, 2.45) is 0 Å². The van der Waals surface area contributed by atoms with Gasteiger partial charge in [0.1, 0.15) is 98.1 Å². The van der Waals surface area contributed by atoms with Crippen molar-refractivity contribution < 1.29 is 147 Å². The van der Waals surface area contributed by atoms with Gasteiger partial charge in [0.15, 0.2) is 81.2 Å². The molecule has 480 valence electrons. The van der Waals surface area contributed by atoms with Crippen molar-refractivity contribution in [2.75, 3.05) is 0 Å². The quantitative estimate of drug-likeness (QED) is 0.0498. The number of rotatable bonds is 13. The maximum Gasteiger partial charge on any atom is 0.432 e. The van der Waals surface area contributed by atoms with Crippen molar-refractivity contribution in [3.05, 3.63) is 269 Å². The number of alkyl halides is 8. The highest BCUT2D eigenvalue weighted by Crippen LogP contribution is 2.42. The van der Waals surface area contributed by atoms with E-state index in [2.05, 4.69) is 44.6 Å². The van der Waals surface area contributed by atoms with E-state index in [0.717, 1.165) is 0 Å². The minimum atomic E-state index is -4.67. The van der Waals surface area contributed by atoms with Gasteiger partial charge in [0, 0.05) is 58.6 Å². The van der Waals surface area contributed by atoms with Crippen LogP contribution in [0.15, 0.2) is 102 Å². The van der Waals surface area contributed by atoms with Gasteiger partial charge in [-0.2, -0.15) is 35.1 Å². The number of halogens is 29. The summed E-state index contributed by atoms with van der Waals surface area (Å²) in [5.41, 5.74) is -9.01. The Kier molecular flexibility index (Phi) is 22.4. The molecule has 0 unspecified atom stereocenters. The van der Waals surface area contributed by atoms with Crippen LogP contribution < -0.4 is 18.9 Å². The van der Waals surface area contributed by atoms with Crippen LogP contribution in [-0.2, 0) is 24.4 Å². The molecule has 0 spiro atoms. The molecule has 8 aromatic carbocycles. The number of carbonyl (C=O) groups excluding carboxylic acids is 1. The van der Waals surface area contributed by atoms with Crippen LogP contribution in [0.5, 0.6) is 23.0 Å². The van der Waals surface area contributed by atoms with Crippen molar-refractivity contribution >= 4 is 33.6 Å². The Hall–Kier alpha value is -9.87. The molecule has 0 atom stereocenters. The Labute approximate surface area is 495 Å². The first-order valence-electron chi connectivity index (χ1n) is 22.8. The van der Waals surface area contributed by atoms with Crippen LogP contribution >= 0.6 is 15.9 Å². The molecule has 36 heteroatoms. The van der Waals surface area contributed by atoms with Crippen molar-refractivity contribution in [2.45, 2.75) is 24.4 Å². The summed E-state index contributed by atoms with van der Waals surface area (Å²) >= 11 is 2.70. The van der Waals surface area contributed by atoms with Gasteiger partial charge < -0.3 is 18.9 Å². The third-order valence-corrected chi connectivity index (χ3v) is 11.0. The molecule has 0 heterocycles. The normalized spacial score (nSPS) is 11.4. The summed E-state index contributed by atoms with van der Waals surface area (Å²) in [6.07, 6.45) is -18.5. The van der Waals surface area contributed by atoms with Crippen molar-refractivity contribution in [3.8, 4) is 23.0 Å². The highest BCUT2D eigenvalue weighted by atomic mass is 79.9. The van der Waals surface area contributed by atoms with E-state index in [9.17, 15) is 128 Å². The Morgan fingerprint density at radius 2 is 0.473 bits per heavy atom. The van der Waals surface area contributed by atoms with E-state index in [1.54, 1.807) is 0 Å². The third kappa shape index (κ3) is 17.3. The second-order valence-electron chi connectivity index (χ2n) is 16.8. The number of hydrogen-bond acceptors (Lipinski definition) is 5. The minimum absolute atomic E-state index is 0.0274. The van der Waals surface area contributed by atoms with Crippen LogP contribution in [0.4, 0.5) is 134 Å². The Bertz CT molecular complexity index is 3880. The van der Waals surface area contributed by atoms with Crippen LogP contribution in [0, 0.1) is 129 Å². The standard InChI is InChI=1S/2C14H4F7NO.C14H5F7O2.C13H4BrF7O/c2*1-22-6-2-8(15)12(9(16)3-6)14(20,21)23-7-4-10(17)13(19)11(18)5-7;15-8-1-6(5-22)2-9(16)12(8)14(20,21)23-7-3-10(17)13(19)11(18)4-7;14-5-1-7(15)11(8(16)2-5)13(20,21)22-6-3-9(17)12(19)10(18)4-6/h2*2-5H;1-5H;1-4H. The summed E-state index contributed by atoms with van der Waals surface area (Å²) in [6, 6.07) is 3.93. The fourth-order valence-electron chi connectivity index (χ4n) is 6.72. The first-order valence-corrected chi connectivity index (χ1v) is 23.6. The van der Waals surface area contributed by atoms with Gasteiger partial charge in [-0.25, -0.2) is 97.5 Å². The summed E-state index contributed by atoms with van der Waals surface area (Å²) in [5, 5.41) is 0. The molecule has 0 radical (unpaired) electrons. The molecular formula is C55H17BrF28N2O5. The fourth-order valence-corrected chi connectivity index (χ4v) is 7.13. The highest BCUT2D eigenvalue weighted by Gasteiger charge is 2.45. The molecule has 0 saturated carbocycles. The number of benzene rings is 8. The zero-order valence-corrected chi connectivity index (χ0v) is 44.3. The maximum absolute atomic E-state index is 13.8. The molecule has 0 saturated heterocycles. The number of hydrogen-bond donors (Lipinski definition) is 0. The lowest BCUT2D eigenvalue weighted by Gasteiger charge is -2.19. The fraction of sp³-hybridized carbons (Fsp3) is 0.0727. The lowest BCUT2D eigenvalue weighted by atomic mass is 10.1. The van der Waals surface area contributed by atoms with Gasteiger partial charge >= 0.3 is 24.4 Å². The van der Waals surface area contributed by atoms with Gasteiger partial charge in [0.2, 0.25) is 0 Å². The Morgan fingerprint density at radius 1 is 0.297 bits per heavy atom. The van der Waals surface area contributed by atoms with E-state index in [1.807, 2.05) is 0 Å². The van der Waals surface area contributed by atoms with Gasteiger partial charge in [-0.05, 0) is 48.5 Å². The molecule has 0 aromatic heterocycles. The van der Waals surface area contributed by atoms with E-state index in [-0.39, 0.29) is 59.3 Å². The molecule has 8 aromatic rings. The highest BCUT2D eigenvalue weighted by molar-refractivity contribution is 9.10. The molecule has 0 N–H and O–H groups in total. The first kappa shape index (κ1) is 71.9. The van der Waals surface area contributed by atoms with Crippen molar-refractivity contribution in [1.82, 2.24) is 0 Å². The average Bonchev–Trinajstić information content (AvgIpc) is 0.912. The molecule has 0 fully saturated rings. The van der Waals surface area contributed by atoms with Gasteiger partial charge in [-0.3, -0.25) is 4.79 Å². The molecule has 0 amide bonds. The predicted molar refractivity (Wildman–Crippen MR) is 254 cm³/mol. The SMILES string of the molecule is Fc1cc(OC(F)(F)c2c(F)cc(Br)cc2F)cc(F)c1F.O=Cc1cc(F)c(C(F)(F)Oc2cc(F)c(F)c(F)c2)c(F)c1.[C-]#[N+]c1cc(F)c(C(F)(F)Oc2cc(F)c(F)c(F)c2)c(F)c1.[C-]#[N+]c1cc(F)c(C(F)(F)Oc2cc(F)c(F)c(F)c2)c(F)c1. The van der Waals surface area contributed by atoms with Crippen LogP contribution in [0.2, 0.25) is 0 Å². The van der Waals surface area contributed by atoms with E-state index in [4.69, 9.17) is 13.1 Å². The second-order valence-corrected chi connectivity index (χ2v) is 17.7. The number of carbonyl (C=O) groups is 1. The van der Waals surface area contributed by atoms with Crippen LogP contribution in [0.1, 0.15) is 32.6 Å². The largest absolute Gasteiger partial charge is 0.432 e. The second kappa shape index (κ2) is 28.3. The molecular weight excluding hydrogens is 1380 g/mol. The number of ether oxygens (including phenoxy) is 4. The van der Waals surface area contributed by atoms with Gasteiger partial charge in [-0.15, -0.1) is 0 Å². The van der Waals surface area contributed by atoms with Crippen molar-refractivity contribution in [3.63, 3.8) is 0 Å². The van der Waals surface area contributed by atoms with Crippen LogP contribution in [0.3, 0.4) is 0 Å². The van der Waals surface area contributed by atoms with E-state index in [0.29, 0.717) is 48.5 Å². The predicted octanol–water partition coefficient (Wildman–Crippen LogP) is 19.7. The van der Waals surface area contributed by atoms with Gasteiger partial charge in [0.05, 0.1) is 13.1 Å². The first-order chi connectivity index (χ1) is 42.1. The number of nitrogens with zero attached hydrogens (tertiary/aromatic N) is 2. The molecule has 0 aliphatic carbocycles. The molecule has 91 heavy (non-hydrogen) atoms. The van der Waals surface area contributed by atoms with Gasteiger partial charge in [-0.1, -0.05) is 15.9 Å². The lowest BCUT2D eigenvalue weighted by molar-refractivity contribution is -0.190. The average molecular weight is 1400 g/mol.